The molecule has 0 aliphatic carbocycles. The van der Waals surface area contributed by atoms with Crippen LogP contribution in [0.2, 0.25) is 0 Å². The maximum atomic E-state index is 13.6. The van der Waals surface area contributed by atoms with Crippen LogP contribution in [0.15, 0.2) is 36.4 Å². The maximum Gasteiger partial charge on any atom is 0.252 e. The summed E-state index contributed by atoms with van der Waals surface area (Å²) in [6.07, 6.45) is -1.00. The van der Waals surface area contributed by atoms with E-state index in [1.165, 1.54) is 12.1 Å². The summed E-state index contributed by atoms with van der Waals surface area (Å²) in [5, 5.41) is 21.2. The highest BCUT2D eigenvalue weighted by molar-refractivity contribution is 6.07. The van der Waals surface area contributed by atoms with Gasteiger partial charge in [0.1, 0.15) is 5.82 Å². The number of benzene rings is 2. The van der Waals surface area contributed by atoms with Crippen LogP contribution >= 0.6 is 0 Å². The lowest BCUT2D eigenvalue weighted by atomic mass is 10.0. The third-order valence-corrected chi connectivity index (χ3v) is 2.82. The zero-order valence-corrected chi connectivity index (χ0v) is 10.1. The van der Waals surface area contributed by atoms with Crippen molar-refractivity contribution in [3.63, 3.8) is 0 Å². The Morgan fingerprint density at radius 2 is 1.89 bits per heavy atom. The van der Waals surface area contributed by atoms with Gasteiger partial charge in [-0.3, -0.25) is 4.79 Å². The molecule has 19 heavy (non-hydrogen) atoms. The monoisotopic (exact) mass is 263 g/mol. The molecular formula is C14H14FNO3. The van der Waals surface area contributed by atoms with Gasteiger partial charge in [-0.2, -0.15) is 0 Å². The second-order valence-corrected chi connectivity index (χ2v) is 4.19. The highest BCUT2D eigenvalue weighted by Gasteiger charge is 2.13. The van der Waals surface area contributed by atoms with Crippen molar-refractivity contribution < 1.29 is 19.4 Å². The molecule has 3 N–H and O–H groups in total. The normalized spacial score (nSPS) is 12.4. The van der Waals surface area contributed by atoms with E-state index >= 15 is 0 Å². The number of rotatable bonds is 4. The first-order valence-corrected chi connectivity index (χ1v) is 5.88. The first-order chi connectivity index (χ1) is 9.13. The van der Waals surface area contributed by atoms with Crippen LogP contribution < -0.4 is 5.32 Å². The molecule has 2 aromatic rings. The number of amides is 1. The van der Waals surface area contributed by atoms with Crippen LogP contribution in [-0.2, 0) is 0 Å². The number of halogens is 1. The zero-order chi connectivity index (χ0) is 13.8. The fourth-order valence-electron chi connectivity index (χ4n) is 1.83. The van der Waals surface area contributed by atoms with Crippen molar-refractivity contribution in [3.05, 3.63) is 47.8 Å². The molecule has 0 aliphatic rings. The Morgan fingerprint density at radius 1 is 1.21 bits per heavy atom. The standard InChI is InChI=1S/C14H14FNO3/c15-13-6-5-12(10-3-1-2-4-11(10)13)14(19)16-7-9(18)8-17/h1-6,9,17-18H,7-8H2,(H,16,19). The van der Waals surface area contributed by atoms with Crippen molar-refractivity contribution in [2.24, 2.45) is 0 Å². The summed E-state index contributed by atoms with van der Waals surface area (Å²) in [6, 6.07) is 9.32. The summed E-state index contributed by atoms with van der Waals surface area (Å²) in [5.41, 5.74) is 0.335. The quantitative estimate of drug-likeness (QED) is 0.772. The number of nitrogens with one attached hydrogen (secondary N) is 1. The van der Waals surface area contributed by atoms with Crippen molar-refractivity contribution in [1.29, 1.82) is 0 Å². The first kappa shape index (κ1) is 13.5. The molecule has 5 heteroatoms. The van der Waals surface area contributed by atoms with Gasteiger partial charge in [0.2, 0.25) is 0 Å². The molecule has 0 bridgehead atoms. The summed E-state index contributed by atoms with van der Waals surface area (Å²) in [4.78, 5) is 12.0. The molecule has 0 aromatic heterocycles. The van der Waals surface area contributed by atoms with Gasteiger partial charge in [-0.15, -0.1) is 0 Å². The van der Waals surface area contributed by atoms with Gasteiger partial charge in [0.25, 0.3) is 5.91 Å². The molecule has 2 aromatic carbocycles. The highest BCUT2D eigenvalue weighted by atomic mass is 19.1. The number of aliphatic hydroxyl groups is 2. The van der Waals surface area contributed by atoms with Gasteiger partial charge in [0.05, 0.1) is 12.7 Å². The highest BCUT2D eigenvalue weighted by Crippen LogP contribution is 2.21. The second kappa shape index (κ2) is 5.77. The largest absolute Gasteiger partial charge is 0.394 e. The lowest BCUT2D eigenvalue weighted by Crippen LogP contribution is -2.34. The summed E-state index contributed by atoms with van der Waals surface area (Å²) in [6.45, 7) is -0.481. The average Bonchev–Trinajstić information content (AvgIpc) is 2.45. The molecule has 0 heterocycles. The predicted octanol–water partition coefficient (Wildman–Crippen LogP) is 1.06. The van der Waals surface area contributed by atoms with E-state index in [0.29, 0.717) is 16.3 Å². The molecule has 2 rings (SSSR count). The zero-order valence-electron chi connectivity index (χ0n) is 10.1. The van der Waals surface area contributed by atoms with Crippen LogP contribution in [0.25, 0.3) is 10.8 Å². The van der Waals surface area contributed by atoms with Gasteiger partial charge in [0.15, 0.2) is 0 Å². The molecular weight excluding hydrogens is 249 g/mol. The van der Waals surface area contributed by atoms with E-state index in [1.807, 2.05) is 0 Å². The fraction of sp³-hybridized carbons (Fsp3) is 0.214. The molecule has 1 atom stereocenters. The minimum absolute atomic E-state index is 0.0545. The van der Waals surface area contributed by atoms with Crippen molar-refractivity contribution in [3.8, 4) is 0 Å². The third-order valence-electron chi connectivity index (χ3n) is 2.82. The Balaban J connectivity index is 2.30. The van der Waals surface area contributed by atoms with Gasteiger partial charge in [-0.25, -0.2) is 4.39 Å². The number of fused-ring (bicyclic) bond motifs is 1. The topological polar surface area (TPSA) is 69.6 Å². The van der Waals surface area contributed by atoms with E-state index in [-0.39, 0.29) is 12.4 Å². The van der Waals surface area contributed by atoms with Crippen molar-refractivity contribution in [2.75, 3.05) is 13.2 Å². The summed E-state index contributed by atoms with van der Waals surface area (Å²) in [5.74, 6) is -0.800. The van der Waals surface area contributed by atoms with Crippen LogP contribution in [0.1, 0.15) is 10.4 Å². The van der Waals surface area contributed by atoms with E-state index in [0.717, 1.165) is 0 Å². The molecule has 0 radical (unpaired) electrons. The molecule has 0 saturated heterocycles. The SMILES string of the molecule is O=C(NCC(O)CO)c1ccc(F)c2ccccc12. The molecule has 4 nitrogen and oxygen atoms in total. The Kier molecular flexibility index (Phi) is 4.09. The Labute approximate surface area is 109 Å². The lowest BCUT2D eigenvalue weighted by molar-refractivity contribution is 0.0803. The minimum Gasteiger partial charge on any atom is -0.394 e. The van der Waals surface area contributed by atoms with E-state index in [9.17, 15) is 14.3 Å². The Hall–Kier alpha value is -1.98. The lowest BCUT2D eigenvalue weighted by Gasteiger charge is -2.11. The molecule has 1 amide bonds. The van der Waals surface area contributed by atoms with E-state index in [4.69, 9.17) is 5.11 Å². The van der Waals surface area contributed by atoms with Crippen LogP contribution in [-0.4, -0.2) is 35.4 Å². The molecule has 0 fully saturated rings. The van der Waals surface area contributed by atoms with Crippen LogP contribution in [0.5, 0.6) is 0 Å². The fourth-order valence-corrected chi connectivity index (χ4v) is 1.83. The summed E-state index contributed by atoms with van der Waals surface area (Å²) >= 11 is 0. The van der Waals surface area contributed by atoms with E-state index < -0.39 is 18.6 Å². The average molecular weight is 263 g/mol. The Morgan fingerprint density at radius 3 is 2.58 bits per heavy atom. The first-order valence-electron chi connectivity index (χ1n) is 5.88. The van der Waals surface area contributed by atoms with Crippen molar-refractivity contribution in [2.45, 2.75) is 6.10 Å². The molecule has 100 valence electrons. The van der Waals surface area contributed by atoms with Gasteiger partial charge in [-0.05, 0) is 17.5 Å². The summed E-state index contributed by atoms with van der Waals surface area (Å²) < 4.78 is 13.6. The molecule has 0 aliphatic heterocycles. The van der Waals surface area contributed by atoms with Crippen LogP contribution in [0.3, 0.4) is 0 Å². The molecule has 0 saturated carbocycles. The van der Waals surface area contributed by atoms with E-state index in [2.05, 4.69) is 5.32 Å². The molecule has 0 spiro atoms. The maximum absolute atomic E-state index is 13.6. The predicted molar refractivity (Wildman–Crippen MR) is 69.3 cm³/mol. The van der Waals surface area contributed by atoms with Crippen molar-refractivity contribution in [1.82, 2.24) is 5.32 Å². The van der Waals surface area contributed by atoms with Gasteiger partial charge in [0, 0.05) is 17.5 Å². The summed E-state index contributed by atoms with van der Waals surface area (Å²) in [7, 11) is 0. The number of hydrogen-bond donors (Lipinski definition) is 3. The number of hydrogen-bond acceptors (Lipinski definition) is 3. The second-order valence-electron chi connectivity index (χ2n) is 4.19. The molecule has 1 unspecified atom stereocenters. The van der Waals surface area contributed by atoms with Gasteiger partial charge >= 0.3 is 0 Å². The van der Waals surface area contributed by atoms with Gasteiger partial charge < -0.3 is 15.5 Å². The third kappa shape index (κ3) is 2.89. The number of aliphatic hydroxyl groups excluding tert-OH is 2. The smallest absolute Gasteiger partial charge is 0.252 e. The minimum atomic E-state index is -1.00. The van der Waals surface area contributed by atoms with E-state index in [1.54, 1.807) is 24.3 Å². The van der Waals surface area contributed by atoms with Crippen LogP contribution in [0.4, 0.5) is 4.39 Å². The van der Waals surface area contributed by atoms with Gasteiger partial charge in [-0.1, -0.05) is 24.3 Å². The number of carbonyl (C=O) groups excluding carboxylic acids is 1. The Bertz CT molecular complexity index is 600. The van der Waals surface area contributed by atoms with Crippen LogP contribution in [0, 0.1) is 5.82 Å². The number of carbonyl (C=O) groups is 1. The van der Waals surface area contributed by atoms with Crippen molar-refractivity contribution >= 4 is 16.7 Å².